The fourth-order valence-corrected chi connectivity index (χ4v) is 8.84. The van der Waals surface area contributed by atoms with Gasteiger partial charge in [-0.1, -0.05) is 32.9 Å². The molecule has 0 aliphatic carbocycles. The van der Waals surface area contributed by atoms with E-state index in [1.165, 1.54) is 53.9 Å². The third kappa shape index (κ3) is 5.81. The average molecular weight is 852 g/mol. The van der Waals surface area contributed by atoms with Crippen LogP contribution in [0, 0.1) is 3.80 Å². The Kier molecular flexibility index (Phi) is 8.12. The number of nitrogens with zero attached hydrogens (tertiary/aromatic N) is 4. The van der Waals surface area contributed by atoms with E-state index in [0.29, 0.717) is 0 Å². The third-order valence-corrected chi connectivity index (χ3v) is 11.5. The molecule has 4 nitrogen and oxygen atoms in total. The van der Waals surface area contributed by atoms with Gasteiger partial charge in [0.2, 0.25) is 0 Å². The SMILES string of the molecule is CC(C)(C)c1cccc(-n2[c](=[Pt])n(-c3cccc(Sc4ccc5c6ccccc6n(-c6cc(C(C)(C)C)ccn6)c5c4)c3)c3ccccc32)c1. The molecule has 0 spiro atoms. The zero-order valence-corrected chi connectivity index (χ0v) is 32.3. The first-order valence-electron chi connectivity index (χ1n) is 17.0. The number of para-hydroxylation sites is 3. The van der Waals surface area contributed by atoms with Gasteiger partial charge >= 0.3 is 254 Å². The van der Waals surface area contributed by atoms with Gasteiger partial charge in [-0.15, -0.1) is 0 Å². The first-order valence-corrected chi connectivity index (χ1v) is 19.0. The number of fused-ring (bicyclic) bond motifs is 4. The second kappa shape index (κ2) is 12.4. The third-order valence-electron chi connectivity index (χ3n) is 9.47. The van der Waals surface area contributed by atoms with Crippen LogP contribution in [0.3, 0.4) is 0 Å². The van der Waals surface area contributed by atoms with E-state index in [0.717, 1.165) is 20.8 Å². The molecule has 0 unspecified atom stereocenters. The second-order valence-corrected chi connectivity index (χ2v) is 17.1. The number of hydrogen-bond acceptors (Lipinski definition) is 2. The summed E-state index contributed by atoms with van der Waals surface area (Å²) in [4.78, 5) is 7.25. The molecule has 3 heterocycles. The number of pyridine rings is 1. The summed E-state index contributed by atoms with van der Waals surface area (Å²) in [6, 6.07) is 46.4. The van der Waals surface area contributed by atoms with Gasteiger partial charge in [0.25, 0.3) is 0 Å². The van der Waals surface area contributed by atoms with Crippen LogP contribution in [0.5, 0.6) is 0 Å². The van der Waals surface area contributed by atoms with E-state index in [2.05, 4.69) is 202 Å². The molecule has 6 heteroatoms. The minimum atomic E-state index is 0.0289. The van der Waals surface area contributed by atoms with Crippen molar-refractivity contribution in [2.75, 3.05) is 0 Å². The minimum absolute atomic E-state index is 0.0289. The van der Waals surface area contributed by atoms with Crippen LogP contribution in [0.1, 0.15) is 52.7 Å². The van der Waals surface area contributed by atoms with Crippen molar-refractivity contribution in [1.29, 1.82) is 0 Å². The maximum absolute atomic E-state index is 4.88. The van der Waals surface area contributed by atoms with E-state index < -0.39 is 0 Å². The molecule has 0 saturated carbocycles. The quantitative estimate of drug-likeness (QED) is 0.173. The van der Waals surface area contributed by atoms with Crippen LogP contribution >= 0.6 is 11.8 Å². The Morgan fingerprint density at radius 2 is 1.08 bits per heavy atom. The zero-order valence-electron chi connectivity index (χ0n) is 29.2. The maximum atomic E-state index is 4.88. The molecule has 0 aliphatic rings. The van der Waals surface area contributed by atoms with Gasteiger partial charge in [0.05, 0.1) is 0 Å². The van der Waals surface area contributed by atoms with Gasteiger partial charge in [-0.3, -0.25) is 0 Å². The van der Waals surface area contributed by atoms with Gasteiger partial charge in [0, 0.05) is 6.20 Å². The molecule has 0 saturated heterocycles. The van der Waals surface area contributed by atoms with Crippen molar-refractivity contribution >= 4 is 44.6 Å². The molecule has 0 N–H and O–H groups in total. The van der Waals surface area contributed by atoms with Crippen LogP contribution in [0.4, 0.5) is 0 Å². The Morgan fingerprint density at radius 1 is 0.500 bits per heavy atom. The molecule has 8 rings (SSSR count). The summed E-state index contributed by atoms with van der Waals surface area (Å²) >= 11 is 4.29. The van der Waals surface area contributed by atoms with Gasteiger partial charge in [-0.25, -0.2) is 0 Å². The van der Waals surface area contributed by atoms with Crippen molar-refractivity contribution in [1.82, 2.24) is 18.7 Å². The molecule has 50 heavy (non-hydrogen) atoms. The first-order chi connectivity index (χ1) is 24.0. The van der Waals surface area contributed by atoms with Crippen LogP contribution in [-0.4, -0.2) is 18.7 Å². The summed E-state index contributed by atoms with van der Waals surface area (Å²) in [6.07, 6.45) is 1.94. The van der Waals surface area contributed by atoms with Gasteiger partial charge in [-0.05, 0) is 17.0 Å². The number of imidazole rings is 1. The molecular formula is C44H40N4PtS. The summed E-state index contributed by atoms with van der Waals surface area (Å²) < 4.78 is 8.21. The van der Waals surface area contributed by atoms with E-state index >= 15 is 0 Å². The number of hydrogen-bond donors (Lipinski definition) is 0. The van der Waals surface area contributed by atoms with Crippen molar-refractivity contribution in [2.24, 2.45) is 0 Å². The predicted octanol–water partition coefficient (Wildman–Crippen LogP) is 11.7. The van der Waals surface area contributed by atoms with Gasteiger partial charge in [-0.2, -0.15) is 0 Å². The fraction of sp³-hybridized carbons (Fsp3) is 0.182. The molecular weight excluding hydrogens is 812 g/mol. The van der Waals surface area contributed by atoms with E-state index in [9.17, 15) is 0 Å². The topological polar surface area (TPSA) is 27.7 Å². The average Bonchev–Trinajstić information content (AvgIpc) is 3.58. The van der Waals surface area contributed by atoms with Gasteiger partial charge in [0.15, 0.2) is 0 Å². The summed E-state index contributed by atoms with van der Waals surface area (Å²) in [7, 11) is 0. The van der Waals surface area contributed by atoms with Crippen LogP contribution in [-0.2, 0) is 30.2 Å². The Balaban J connectivity index is 1.22. The molecule has 8 aromatic rings. The Hall–Kier alpha value is -4.44. The molecule has 0 aliphatic heterocycles. The van der Waals surface area contributed by atoms with Crippen molar-refractivity contribution < 1.29 is 19.4 Å². The normalized spacial score (nSPS) is 12.4. The monoisotopic (exact) mass is 851 g/mol. The molecule has 5 aromatic carbocycles. The van der Waals surface area contributed by atoms with E-state index in [1.807, 2.05) is 6.20 Å². The summed E-state index contributed by atoms with van der Waals surface area (Å²) in [5.74, 6) is 0.947. The Labute approximate surface area is 308 Å². The van der Waals surface area contributed by atoms with Gasteiger partial charge in [0.1, 0.15) is 0 Å². The molecule has 0 bridgehead atoms. The van der Waals surface area contributed by atoms with Crippen molar-refractivity contribution in [2.45, 2.75) is 62.2 Å². The zero-order chi connectivity index (χ0) is 34.8. The van der Waals surface area contributed by atoms with E-state index in [1.54, 1.807) is 11.8 Å². The number of benzene rings is 5. The fourth-order valence-electron chi connectivity index (χ4n) is 6.80. The Bertz CT molecular complexity index is 2630. The van der Waals surface area contributed by atoms with Crippen LogP contribution in [0.2, 0.25) is 0 Å². The first kappa shape index (κ1) is 32.7. The number of aromatic nitrogens is 4. The molecule has 0 amide bonds. The van der Waals surface area contributed by atoms with Crippen molar-refractivity contribution in [3.63, 3.8) is 0 Å². The molecule has 3 aromatic heterocycles. The van der Waals surface area contributed by atoms with Gasteiger partial charge < -0.3 is 0 Å². The molecule has 0 radical (unpaired) electrons. The van der Waals surface area contributed by atoms with E-state index in [4.69, 9.17) is 4.98 Å². The standard InChI is InChI=1S/C44H40N4S.Pt/c1-43(2,3)30-13-11-14-32(25-30)46-29-47(40-20-10-9-19-39(40)46)33-15-12-16-34(27-33)49-35-21-22-37-36-17-7-8-18-38(36)48(41(37)28-35)42-26-31(23-24-45-42)44(4,5)6;/h7-28H,1-6H3;. The Morgan fingerprint density at radius 3 is 1.78 bits per heavy atom. The van der Waals surface area contributed by atoms with Crippen molar-refractivity contribution in [3.8, 4) is 17.2 Å². The van der Waals surface area contributed by atoms with Crippen LogP contribution < -0.4 is 0 Å². The van der Waals surface area contributed by atoms with Crippen LogP contribution in [0.15, 0.2) is 143 Å². The van der Waals surface area contributed by atoms with Crippen LogP contribution in [0.25, 0.3) is 50.0 Å². The second-order valence-electron chi connectivity index (χ2n) is 15.0. The molecule has 0 fully saturated rings. The van der Waals surface area contributed by atoms with Crippen molar-refractivity contribution in [3.05, 3.63) is 149 Å². The van der Waals surface area contributed by atoms with E-state index in [-0.39, 0.29) is 10.8 Å². The predicted molar refractivity (Wildman–Crippen MR) is 206 cm³/mol. The number of rotatable bonds is 5. The summed E-state index contributed by atoms with van der Waals surface area (Å²) in [5, 5.41) is 2.47. The summed E-state index contributed by atoms with van der Waals surface area (Å²) in [5.41, 5.74) is 9.69. The molecule has 0 atom stereocenters. The summed E-state index contributed by atoms with van der Waals surface area (Å²) in [6.45, 7) is 13.6. The molecule has 252 valence electrons.